The Morgan fingerprint density at radius 2 is 1.89 bits per heavy atom. The predicted molar refractivity (Wildman–Crippen MR) is 106 cm³/mol. The number of rotatable bonds is 5. The molecule has 2 aliphatic heterocycles. The number of para-hydroxylation sites is 1. The van der Waals surface area contributed by atoms with Crippen LogP contribution in [0.2, 0.25) is 0 Å². The molecular weight excluding hydrogens is 358 g/mol. The van der Waals surface area contributed by atoms with Crippen LogP contribution in [0.3, 0.4) is 0 Å². The Balaban J connectivity index is 1.64. The van der Waals surface area contributed by atoms with Crippen molar-refractivity contribution in [2.75, 3.05) is 39.3 Å². The summed E-state index contributed by atoms with van der Waals surface area (Å²) in [5.74, 6) is -0.600. The van der Waals surface area contributed by atoms with E-state index >= 15 is 0 Å². The molecule has 0 saturated carbocycles. The number of aryl methyl sites for hydroxylation is 2. The molecule has 1 unspecified atom stereocenters. The van der Waals surface area contributed by atoms with Crippen molar-refractivity contribution in [1.82, 2.24) is 24.7 Å². The molecule has 4 rings (SSSR count). The monoisotopic (exact) mass is 385 g/mol. The summed E-state index contributed by atoms with van der Waals surface area (Å²) in [6.45, 7) is 5.56. The molecule has 2 saturated heterocycles. The molecule has 2 aromatic rings. The van der Waals surface area contributed by atoms with E-state index in [-0.39, 0.29) is 17.9 Å². The van der Waals surface area contributed by atoms with Crippen LogP contribution >= 0.6 is 0 Å². The Bertz CT molecular complexity index is 939. The number of imidazole rings is 1. The van der Waals surface area contributed by atoms with E-state index in [0.717, 1.165) is 56.6 Å². The number of nitrogens with zero attached hydrogens (tertiary/aromatic N) is 3. The Morgan fingerprint density at radius 3 is 2.64 bits per heavy atom. The number of amides is 1. The highest BCUT2D eigenvalue weighted by Gasteiger charge is 2.34. The minimum atomic E-state index is -1.07. The molecule has 1 aromatic carbocycles. The molecule has 8 heteroatoms. The fraction of sp³-hybridized carbons (Fsp3) is 0.550. The first-order valence-corrected chi connectivity index (χ1v) is 10.0. The molecule has 28 heavy (non-hydrogen) atoms. The molecule has 2 fully saturated rings. The van der Waals surface area contributed by atoms with Gasteiger partial charge in [-0.3, -0.25) is 18.7 Å². The second-order valence-corrected chi connectivity index (χ2v) is 7.60. The lowest BCUT2D eigenvalue weighted by atomic mass is 10.0. The molecule has 2 N–H and O–H groups in total. The molecule has 0 spiro atoms. The molecule has 3 heterocycles. The second kappa shape index (κ2) is 7.89. The maximum atomic E-state index is 12.9. The SMILES string of the molecule is Cn1c(=O)n(C2C(=O)CCNC2=O)c2cccc(CCCN3CCNCC3)c21. The lowest BCUT2D eigenvalue weighted by Gasteiger charge is -2.27. The number of fused-ring (bicyclic) bond motifs is 1. The van der Waals surface area contributed by atoms with Crippen LogP contribution < -0.4 is 16.3 Å². The molecule has 0 bridgehead atoms. The number of piperazine rings is 1. The second-order valence-electron chi connectivity index (χ2n) is 7.60. The van der Waals surface area contributed by atoms with Gasteiger partial charge in [0, 0.05) is 46.2 Å². The number of aromatic nitrogens is 2. The van der Waals surface area contributed by atoms with Gasteiger partial charge in [-0.25, -0.2) is 4.79 Å². The van der Waals surface area contributed by atoms with E-state index in [1.54, 1.807) is 11.6 Å². The lowest BCUT2D eigenvalue weighted by Crippen LogP contribution is -2.46. The van der Waals surface area contributed by atoms with Gasteiger partial charge in [0.15, 0.2) is 11.8 Å². The maximum Gasteiger partial charge on any atom is 0.329 e. The van der Waals surface area contributed by atoms with E-state index in [2.05, 4.69) is 15.5 Å². The summed E-state index contributed by atoms with van der Waals surface area (Å²) in [5.41, 5.74) is 2.23. The van der Waals surface area contributed by atoms with E-state index in [1.807, 2.05) is 18.2 Å². The van der Waals surface area contributed by atoms with Gasteiger partial charge in [-0.05, 0) is 31.0 Å². The molecule has 1 amide bonds. The summed E-state index contributed by atoms with van der Waals surface area (Å²) in [6, 6.07) is 4.70. The largest absolute Gasteiger partial charge is 0.353 e. The van der Waals surface area contributed by atoms with E-state index in [4.69, 9.17) is 0 Å². The summed E-state index contributed by atoms with van der Waals surface area (Å²) in [7, 11) is 1.71. The van der Waals surface area contributed by atoms with Gasteiger partial charge >= 0.3 is 5.69 Å². The summed E-state index contributed by atoms with van der Waals surface area (Å²) in [4.78, 5) is 40.1. The number of nitrogens with one attached hydrogen (secondary N) is 2. The van der Waals surface area contributed by atoms with Gasteiger partial charge in [0.1, 0.15) is 0 Å². The highest BCUT2D eigenvalue weighted by Crippen LogP contribution is 2.24. The van der Waals surface area contributed by atoms with Crippen molar-refractivity contribution in [2.45, 2.75) is 25.3 Å². The third-order valence-corrected chi connectivity index (χ3v) is 5.80. The fourth-order valence-electron chi connectivity index (χ4n) is 4.35. The number of carbonyl (C=O) groups is 2. The first-order chi connectivity index (χ1) is 13.6. The van der Waals surface area contributed by atoms with Crippen molar-refractivity contribution in [3.8, 4) is 0 Å². The molecule has 2 aliphatic rings. The van der Waals surface area contributed by atoms with Crippen LogP contribution in [0.5, 0.6) is 0 Å². The van der Waals surface area contributed by atoms with Crippen molar-refractivity contribution in [1.29, 1.82) is 0 Å². The predicted octanol–water partition coefficient (Wildman–Crippen LogP) is -0.192. The van der Waals surface area contributed by atoms with E-state index in [9.17, 15) is 14.4 Å². The lowest BCUT2D eigenvalue weighted by molar-refractivity contribution is -0.135. The first kappa shape index (κ1) is 18.9. The van der Waals surface area contributed by atoms with Crippen molar-refractivity contribution in [2.24, 2.45) is 7.05 Å². The van der Waals surface area contributed by atoms with Crippen molar-refractivity contribution < 1.29 is 9.59 Å². The summed E-state index contributed by atoms with van der Waals surface area (Å²) in [5, 5.41) is 6.07. The highest BCUT2D eigenvalue weighted by atomic mass is 16.2. The maximum absolute atomic E-state index is 12.9. The van der Waals surface area contributed by atoms with Gasteiger partial charge in [-0.1, -0.05) is 12.1 Å². The summed E-state index contributed by atoms with van der Waals surface area (Å²) in [6.07, 6.45) is 2.11. The first-order valence-electron chi connectivity index (χ1n) is 10.0. The molecular formula is C20H27N5O3. The number of piperidine rings is 1. The van der Waals surface area contributed by atoms with E-state index in [0.29, 0.717) is 12.1 Å². The fourth-order valence-corrected chi connectivity index (χ4v) is 4.35. The summed E-state index contributed by atoms with van der Waals surface area (Å²) >= 11 is 0. The van der Waals surface area contributed by atoms with Crippen molar-refractivity contribution >= 4 is 22.7 Å². The van der Waals surface area contributed by atoms with E-state index in [1.165, 1.54) is 4.57 Å². The minimum Gasteiger partial charge on any atom is -0.353 e. The van der Waals surface area contributed by atoms with Gasteiger partial charge < -0.3 is 15.5 Å². The quantitative estimate of drug-likeness (QED) is 0.697. The number of benzene rings is 1. The molecule has 150 valence electrons. The zero-order valence-electron chi connectivity index (χ0n) is 16.2. The average Bonchev–Trinajstić information content (AvgIpc) is 2.95. The zero-order chi connectivity index (χ0) is 19.7. The number of carbonyl (C=O) groups excluding carboxylic acids is 2. The Labute approximate surface area is 163 Å². The highest BCUT2D eigenvalue weighted by molar-refractivity contribution is 6.06. The van der Waals surface area contributed by atoms with E-state index < -0.39 is 11.9 Å². The molecule has 1 aromatic heterocycles. The van der Waals surface area contributed by atoms with Crippen LogP contribution in [0, 0.1) is 0 Å². The average molecular weight is 385 g/mol. The van der Waals surface area contributed by atoms with Crippen molar-refractivity contribution in [3.63, 3.8) is 0 Å². The van der Waals surface area contributed by atoms with Crippen LogP contribution in [0.4, 0.5) is 0 Å². The van der Waals surface area contributed by atoms with Gasteiger partial charge in [0.25, 0.3) is 5.91 Å². The van der Waals surface area contributed by atoms with Crippen molar-refractivity contribution in [3.05, 3.63) is 34.2 Å². The topological polar surface area (TPSA) is 88.4 Å². The number of hydrogen-bond donors (Lipinski definition) is 2. The van der Waals surface area contributed by atoms with Gasteiger partial charge in [-0.2, -0.15) is 0 Å². The smallest absolute Gasteiger partial charge is 0.329 e. The van der Waals surface area contributed by atoms with Crippen LogP contribution in [-0.4, -0.2) is 65.0 Å². The van der Waals surface area contributed by atoms with Crippen LogP contribution in [0.15, 0.2) is 23.0 Å². The Morgan fingerprint density at radius 1 is 1.11 bits per heavy atom. The standard InChI is InChI=1S/C20H27N5O3/c1-23-17-14(5-3-11-24-12-9-21-10-13-24)4-2-6-15(17)25(20(23)28)18-16(26)7-8-22-19(18)27/h2,4,6,18,21H,3,5,7-13H2,1H3,(H,22,27). The van der Waals surface area contributed by atoms with Crippen LogP contribution in [-0.2, 0) is 23.1 Å². The zero-order valence-corrected chi connectivity index (χ0v) is 16.2. The van der Waals surface area contributed by atoms with Gasteiger partial charge in [0.2, 0.25) is 0 Å². The molecule has 0 radical (unpaired) electrons. The number of hydrogen-bond acceptors (Lipinski definition) is 5. The number of Topliss-reactive ketones (excluding diaryl/α,β-unsaturated/α-hetero) is 1. The normalized spacial score (nSPS) is 21.2. The summed E-state index contributed by atoms with van der Waals surface area (Å²) < 4.78 is 2.94. The minimum absolute atomic E-state index is 0.206. The third-order valence-electron chi connectivity index (χ3n) is 5.80. The number of ketones is 1. The van der Waals surface area contributed by atoms with Gasteiger partial charge in [-0.15, -0.1) is 0 Å². The molecule has 0 aliphatic carbocycles. The Hall–Kier alpha value is -2.45. The Kier molecular flexibility index (Phi) is 5.32. The van der Waals surface area contributed by atoms with Crippen LogP contribution in [0.1, 0.15) is 24.4 Å². The van der Waals surface area contributed by atoms with Gasteiger partial charge in [0.05, 0.1) is 11.0 Å². The molecule has 1 atom stereocenters. The third kappa shape index (κ3) is 3.38. The molecule has 8 nitrogen and oxygen atoms in total. The van der Waals surface area contributed by atoms with Crippen LogP contribution in [0.25, 0.3) is 11.0 Å².